The van der Waals surface area contributed by atoms with Crippen LogP contribution in [0.15, 0.2) is 18.2 Å². The predicted octanol–water partition coefficient (Wildman–Crippen LogP) is 3.25. The van der Waals surface area contributed by atoms with E-state index in [1.165, 1.54) is 6.07 Å². The Kier molecular flexibility index (Phi) is 6.90. The maximum atomic E-state index is 13.9. The quantitative estimate of drug-likeness (QED) is 0.783. The third-order valence-electron chi connectivity index (χ3n) is 5.79. The van der Waals surface area contributed by atoms with Crippen molar-refractivity contribution in [3.63, 3.8) is 0 Å². The van der Waals surface area contributed by atoms with Gasteiger partial charge in [-0.3, -0.25) is 9.69 Å². The Bertz CT molecular complexity index is 591. The molecule has 0 atom stereocenters. The molecule has 3 rings (SSSR count). The third-order valence-corrected chi connectivity index (χ3v) is 6.14. The van der Waals surface area contributed by atoms with Gasteiger partial charge in [-0.25, -0.2) is 4.39 Å². The van der Waals surface area contributed by atoms with Crippen molar-refractivity contribution < 1.29 is 9.18 Å². The lowest BCUT2D eigenvalue weighted by molar-refractivity contribution is -0.134. The number of nitrogens with zero attached hydrogens (tertiary/aromatic N) is 3. The number of likely N-dealkylation sites (N-methyl/N-ethyl adjacent to an activating group) is 1. The number of carbonyl (C=O) groups excluding carboxylic acids is 1. The summed E-state index contributed by atoms with van der Waals surface area (Å²) in [5.74, 6) is 0.511. The van der Waals surface area contributed by atoms with Gasteiger partial charge in [-0.1, -0.05) is 24.6 Å². The van der Waals surface area contributed by atoms with Gasteiger partial charge in [0.25, 0.3) is 0 Å². The number of benzene rings is 1. The van der Waals surface area contributed by atoms with Crippen molar-refractivity contribution in [2.75, 3.05) is 45.8 Å². The highest BCUT2D eigenvalue weighted by Crippen LogP contribution is 2.26. The van der Waals surface area contributed by atoms with Crippen LogP contribution in [0.4, 0.5) is 4.39 Å². The molecule has 0 aliphatic carbocycles. The van der Waals surface area contributed by atoms with Gasteiger partial charge >= 0.3 is 0 Å². The van der Waals surface area contributed by atoms with Crippen LogP contribution < -0.4 is 0 Å². The normalized spacial score (nSPS) is 20.5. The zero-order valence-corrected chi connectivity index (χ0v) is 16.3. The van der Waals surface area contributed by atoms with E-state index in [1.54, 1.807) is 12.1 Å². The zero-order chi connectivity index (χ0) is 18.5. The van der Waals surface area contributed by atoms with Crippen LogP contribution in [0.3, 0.4) is 0 Å². The van der Waals surface area contributed by atoms with Crippen LogP contribution in [-0.2, 0) is 11.3 Å². The molecular weight excluding hydrogens is 353 g/mol. The first-order chi connectivity index (χ1) is 12.6. The molecule has 0 spiro atoms. The molecule has 1 aromatic rings. The van der Waals surface area contributed by atoms with E-state index in [0.717, 1.165) is 58.7 Å². The van der Waals surface area contributed by atoms with Crippen molar-refractivity contribution >= 4 is 17.5 Å². The van der Waals surface area contributed by atoms with E-state index in [2.05, 4.69) is 16.7 Å². The fraction of sp³-hybridized carbons (Fsp3) is 0.650. The lowest BCUT2D eigenvalue weighted by Crippen LogP contribution is -2.49. The van der Waals surface area contributed by atoms with E-state index in [9.17, 15) is 9.18 Å². The summed E-state index contributed by atoms with van der Waals surface area (Å²) in [5, 5.41) is 0.494. The smallest absolute Gasteiger partial charge is 0.222 e. The molecule has 2 aliphatic heterocycles. The van der Waals surface area contributed by atoms with Gasteiger partial charge in [-0.15, -0.1) is 0 Å². The molecule has 6 heteroatoms. The number of carbonyl (C=O) groups is 1. The molecule has 0 bridgehead atoms. The van der Waals surface area contributed by atoms with Crippen molar-refractivity contribution in [3.05, 3.63) is 34.6 Å². The highest BCUT2D eigenvalue weighted by Gasteiger charge is 2.26. The van der Waals surface area contributed by atoms with Crippen molar-refractivity contribution in [2.24, 2.45) is 5.92 Å². The average Bonchev–Trinajstić information content (AvgIpc) is 2.66. The minimum Gasteiger partial charge on any atom is -0.340 e. The lowest BCUT2D eigenvalue weighted by Gasteiger charge is -2.36. The molecule has 0 saturated carbocycles. The first kappa shape index (κ1) is 19.6. The summed E-state index contributed by atoms with van der Waals surface area (Å²) in [6, 6.07) is 4.84. The first-order valence-corrected chi connectivity index (χ1v) is 10.1. The van der Waals surface area contributed by atoms with Gasteiger partial charge in [0.1, 0.15) is 5.82 Å². The third kappa shape index (κ3) is 4.96. The summed E-state index contributed by atoms with van der Waals surface area (Å²) >= 11 is 6.13. The molecule has 2 aliphatic rings. The maximum absolute atomic E-state index is 13.9. The van der Waals surface area contributed by atoms with Gasteiger partial charge in [0.15, 0.2) is 0 Å². The zero-order valence-electron chi connectivity index (χ0n) is 15.6. The van der Waals surface area contributed by atoms with Crippen LogP contribution in [0, 0.1) is 11.7 Å². The van der Waals surface area contributed by atoms with Crippen molar-refractivity contribution in [3.8, 4) is 0 Å². The Morgan fingerprint density at radius 3 is 2.42 bits per heavy atom. The maximum Gasteiger partial charge on any atom is 0.222 e. The number of halogens is 2. The van der Waals surface area contributed by atoms with Crippen molar-refractivity contribution in [2.45, 2.75) is 32.7 Å². The van der Waals surface area contributed by atoms with Crippen LogP contribution in [0.5, 0.6) is 0 Å². The number of hydrogen-bond acceptors (Lipinski definition) is 3. The van der Waals surface area contributed by atoms with Crippen molar-refractivity contribution in [1.29, 1.82) is 0 Å². The summed E-state index contributed by atoms with van der Waals surface area (Å²) < 4.78 is 13.9. The molecule has 0 unspecified atom stereocenters. The number of amides is 1. The number of piperazine rings is 1. The Morgan fingerprint density at radius 2 is 1.81 bits per heavy atom. The number of likely N-dealkylation sites (tertiary alicyclic amines) is 1. The van der Waals surface area contributed by atoms with E-state index >= 15 is 0 Å². The fourth-order valence-corrected chi connectivity index (χ4v) is 4.17. The van der Waals surface area contributed by atoms with E-state index in [-0.39, 0.29) is 5.82 Å². The molecular formula is C20H29ClFN3O. The standard InChI is InChI=1S/C20H29ClFN3O/c1-2-23-10-12-25(13-11-23)20(26)14-16-6-8-24(9-7-16)15-17-18(21)4-3-5-19(17)22/h3-5,16H,2,6-15H2,1H3. The van der Waals surface area contributed by atoms with Crippen LogP contribution >= 0.6 is 11.6 Å². The molecule has 0 aromatic heterocycles. The second-order valence-corrected chi connectivity index (χ2v) is 7.85. The van der Waals surface area contributed by atoms with Crippen LogP contribution in [0.1, 0.15) is 31.7 Å². The number of piperidine rings is 1. The molecule has 2 fully saturated rings. The van der Waals surface area contributed by atoms with Gasteiger partial charge in [0.05, 0.1) is 0 Å². The SMILES string of the molecule is CCN1CCN(C(=O)CC2CCN(Cc3c(F)cccc3Cl)CC2)CC1. The van der Waals surface area contributed by atoms with Crippen molar-refractivity contribution in [1.82, 2.24) is 14.7 Å². The van der Waals surface area contributed by atoms with E-state index < -0.39 is 0 Å². The second kappa shape index (κ2) is 9.16. The molecule has 1 aromatic carbocycles. The highest BCUT2D eigenvalue weighted by atomic mass is 35.5. The summed E-state index contributed by atoms with van der Waals surface area (Å²) in [7, 11) is 0. The molecule has 0 N–H and O–H groups in total. The van der Waals surface area contributed by atoms with Gasteiger partial charge in [0, 0.05) is 49.7 Å². The number of rotatable bonds is 5. The summed E-state index contributed by atoms with van der Waals surface area (Å²) in [4.78, 5) is 19.2. The highest BCUT2D eigenvalue weighted by molar-refractivity contribution is 6.31. The Hall–Kier alpha value is -1.17. The van der Waals surface area contributed by atoms with Crippen LogP contribution in [0.2, 0.25) is 5.02 Å². The Morgan fingerprint density at radius 1 is 1.12 bits per heavy atom. The van der Waals surface area contributed by atoms with Gasteiger partial charge in [-0.2, -0.15) is 0 Å². The Balaban J connectivity index is 1.43. The molecule has 2 saturated heterocycles. The molecule has 1 amide bonds. The lowest BCUT2D eigenvalue weighted by atomic mass is 9.92. The molecule has 2 heterocycles. The monoisotopic (exact) mass is 381 g/mol. The minimum absolute atomic E-state index is 0.235. The first-order valence-electron chi connectivity index (χ1n) is 9.72. The fourth-order valence-electron chi connectivity index (χ4n) is 3.95. The second-order valence-electron chi connectivity index (χ2n) is 7.44. The van der Waals surface area contributed by atoms with Crippen LogP contribution in [0.25, 0.3) is 0 Å². The van der Waals surface area contributed by atoms with Gasteiger partial charge in [0.2, 0.25) is 5.91 Å². The average molecular weight is 382 g/mol. The summed E-state index contributed by atoms with van der Waals surface area (Å²) in [6.45, 7) is 9.26. The van der Waals surface area contributed by atoms with E-state index in [1.807, 2.05) is 4.90 Å². The van der Waals surface area contributed by atoms with Gasteiger partial charge in [-0.05, 0) is 50.5 Å². The molecule has 0 radical (unpaired) electrons. The number of hydrogen-bond donors (Lipinski definition) is 0. The molecule has 4 nitrogen and oxygen atoms in total. The van der Waals surface area contributed by atoms with E-state index in [0.29, 0.717) is 35.4 Å². The minimum atomic E-state index is -0.235. The molecule has 26 heavy (non-hydrogen) atoms. The summed E-state index contributed by atoms with van der Waals surface area (Å²) in [6.07, 6.45) is 2.64. The van der Waals surface area contributed by atoms with E-state index in [4.69, 9.17) is 11.6 Å². The van der Waals surface area contributed by atoms with Gasteiger partial charge < -0.3 is 9.80 Å². The van der Waals surface area contributed by atoms with Crippen LogP contribution in [-0.4, -0.2) is 66.4 Å². The summed E-state index contributed by atoms with van der Waals surface area (Å²) in [5.41, 5.74) is 0.581. The Labute approximate surface area is 160 Å². The largest absolute Gasteiger partial charge is 0.340 e. The molecule has 144 valence electrons. The topological polar surface area (TPSA) is 26.8 Å². The predicted molar refractivity (Wildman–Crippen MR) is 103 cm³/mol.